The lowest BCUT2D eigenvalue weighted by Gasteiger charge is -2.32. The number of rotatable bonds is 6. The van der Waals surface area contributed by atoms with Gasteiger partial charge in [0.15, 0.2) is 11.6 Å². The SMILES string of the molecule is CC(C)(O)c1ccccc1Oc1cc(N2CCC(Oc3ncc(F)c(N)n3)CC2)ncn1. The highest BCUT2D eigenvalue weighted by atomic mass is 19.1. The van der Waals surface area contributed by atoms with Gasteiger partial charge in [-0.15, -0.1) is 0 Å². The van der Waals surface area contributed by atoms with Gasteiger partial charge >= 0.3 is 6.01 Å². The van der Waals surface area contributed by atoms with Crippen LogP contribution in [0.4, 0.5) is 16.0 Å². The van der Waals surface area contributed by atoms with Crippen LogP contribution >= 0.6 is 0 Å². The van der Waals surface area contributed by atoms with Crippen molar-refractivity contribution in [3.05, 3.63) is 54.2 Å². The third kappa shape index (κ3) is 5.02. The molecule has 1 saturated heterocycles. The maximum absolute atomic E-state index is 13.2. The first-order chi connectivity index (χ1) is 15.3. The molecule has 0 bridgehead atoms. The summed E-state index contributed by atoms with van der Waals surface area (Å²) >= 11 is 0. The van der Waals surface area contributed by atoms with Crippen molar-refractivity contribution in [3.8, 4) is 17.6 Å². The standard InChI is InChI=1S/C22H25FN6O3/c1-22(2,30)15-5-3-4-6-17(15)32-19-11-18(26-13-27-19)29-9-7-14(8-10-29)31-21-25-12-16(23)20(24)28-21/h3-6,11-14,30H,7-10H2,1-2H3,(H2,24,25,28). The van der Waals surface area contributed by atoms with E-state index in [9.17, 15) is 9.50 Å². The van der Waals surface area contributed by atoms with Gasteiger partial charge < -0.3 is 25.2 Å². The van der Waals surface area contributed by atoms with Gasteiger partial charge in [0.25, 0.3) is 0 Å². The normalized spacial score (nSPS) is 14.9. The van der Waals surface area contributed by atoms with Crippen molar-refractivity contribution < 1.29 is 19.0 Å². The van der Waals surface area contributed by atoms with Crippen LogP contribution in [-0.2, 0) is 5.60 Å². The summed E-state index contributed by atoms with van der Waals surface area (Å²) < 4.78 is 24.9. The summed E-state index contributed by atoms with van der Waals surface area (Å²) in [7, 11) is 0. The predicted molar refractivity (Wildman–Crippen MR) is 116 cm³/mol. The largest absolute Gasteiger partial charge is 0.460 e. The molecule has 168 valence electrons. The molecule has 2 aromatic heterocycles. The van der Waals surface area contributed by atoms with E-state index in [0.29, 0.717) is 43.1 Å². The lowest BCUT2D eigenvalue weighted by Crippen LogP contribution is -2.39. The van der Waals surface area contributed by atoms with Crippen LogP contribution in [0.2, 0.25) is 0 Å². The Kier molecular flexibility index (Phi) is 6.04. The van der Waals surface area contributed by atoms with E-state index in [0.717, 1.165) is 12.0 Å². The molecule has 0 amide bonds. The summed E-state index contributed by atoms with van der Waals surface area (Å²) in [4.78, 5) is 18.3. The number of benzene rings is 1. The Bertz CT molecular complexity index is 1080. The number of piperidine rings is 1. The molecule has 0 radical (unpaired) electrons. The quantitative estimate of drug-likeness (QED) is 0.596. The van der Waals surface area contributed by atoms with Crippen molar-refractivity contribution in [2.45, 2.75) is 38.4 Å². The Morgan fingerprint density at radius 3 is 2.62 bits per heavy atom. The molecule has 10 heteroatoms. The first kappa shape index (κ1) is 21.7. The maximum Gasteiger partial charge on any atom is 0.318 e. The first-order valence-corrected chi connectivity index (χ1v) is 10.3. The molecule has 3 N–H and O–H groups in total. The minimum atomic E-state index is -1.05. The van der Waals surface area contributed by atoms with Crippen LogP contribution in [0.3, 0.4) is 0 Å². The van der Waals surface area contributed by atoms with Crippen LogP contribution in [0.1, 0.15) is 32.3 Å². The summed E-state index contributed by atoms with van der Waals surface area (Å²) in [6, 6.07) is 9.15. The van der Waals surface area contributed by atoms with Crippen LogP contribution in [0.5, 0.6) is 17.6 Å². The van der Waals surface area contributed by atoms with Crippen molar-refractivity contribution in [1.29, 1.82) is 0 Å². The van der Waals surface area contributed by atoms with Crippen molar-refractivity contribution in [3.63, 3.8) is 0 Å². The molecule has 1 aliphatic rings. The maximum atomic E-state index is 13.2. The Labute approximate surface area is 185 Å². The molecule has 32 heavy (non-hydrogen) atoms. The van der Waals surface area contributed by atoms with E-state index in [-0.39, 0.29) is 17.9 Å². The van der Waals surface area contributed by atoms with Crippen LogP contribution in [0.15, 0.2) is 42.9 Å². The van der Waals surface area contributed by atoms with Gasteiger partial charge in [0.1, 0.15) is 24.0 Å². The van der Waals surface area contributed by atoms with E-state index in [1.165, 1.54) is 6.33 Å². The average molecular weight is 440 g/mol. The molecular weight excluding hydrogens is 415 g/mol. The molecule has 0 saturated carbocycles. The Balaban J connectivity index is 1.40. The lowest BCUT2D eigenvalue weighted by molar-refractivity contribution is 0.0762. The highest BCUT2D eigenvalue weighted by molar-refractivity contribution is 5.44. The molecular formula is C22H25FN6O3. The molecule has 0 spiro atoms. The minimum absolute atomic E-state index is 0.0746. The van der Waals surface area contributed by atoms with Gasteiger partial charge in [0.2, 0.25) is 5.88 Å². The summed E-state index contributed by atoms with van der Waals surface area (Å²) in [5.74, 6) is 0.762. The van der Waals surface area contributed by atoms with E-state index >= 15 is 0 Å². The van der Waals surface area contributed by atoms with Crippen molar-refractivity contribution in [2.75, 3.05) is 23.7 Å². The van der Waals surface area contributed by atoms with Crippen molar-refractivity contribution in [2.24, 2.45) is 0 Å². The number of anilines is 2. The van der Waals surface area contributed by atoms with Crippen LogP contribution in [0, 0.1) is 5.82 Å². The van der Waals surface area contributed by atoms with Gasteiger partial charge in [0.05, 0.1) is 11.8 Å². The number of nitrogens with two attached hydrogens (primary N) is 1. The monoisotopic (exact) mass is 440 g/mol. The number of nitrogen functional groups attached to an aromatic ring is 1. The fourth-order valence-corrected chi connectivity index (χ4v) is 3.50. The number of hydrogen-bond acceptors (Lipinski definition) is 9. The fraction of sp³-hybridized carbons (Fsp3) is 0.364. The zero-order valence-electron chi connectivity index (χ0n) is 17.9. The topological polar surface area (TPSA) is 120 Å². The number of hydrogen-bond donors (Lipinski definition) is 2. The second-order valence-electron chi connectivity index (χ2n) is 8.06. The zero-order valence-corrected chi connectivity index (χ0v) is 17.9. The second kappa shape index (κ2) is 8.91. The van der Waals surface area contributed by atoms with Gasteiger partial charge in [-0.2, -0.15) is 4.98 Å². The average Bonchev–Trinajstić information content (AvgIpc) is 2.77. The van der Waals surface area contributed by atoms with Gasteiger partial charge in [0, 0.05) is 37.6 Å². The number of nitrogens with zero attached hydrogens (tertiary/aromatic N) is 5. The molecule has 0 aliphatic carbocycles. The fourth-order valence-electron chi connectivity index (χ4n) is 3.50. The molecule has 0 unspecified atom stereocenters. The Morgan fingerprint density at radius 2 is 1.91 bits per heavy atom. The number of ether oxygens (including phenoxy) is 2. The first-order valence-electron chi connectivity index (χ1n) is 10.3. The summed E-state index contributed by atoms with van der Waals surface area (Å²) in [6.07, 6.45) is 3.78. The Morgan fingerprint density at radius 1 is 1.16 bits per heavy atom. The number of aromatic nitrogens is 4. The second-order valence-corrected chi connectivity index (χ2v) is 8.06. The van der Waals surface area contributed by atoms with E-state index in [4.69, 9.17) is 15.2 Å². The number of para-hydroxylation sites is 1. The molecule has 0 atom stereocenters. The summed E-state index contributed by atoms with van der Waals surface area (Å²) in [6.45, 7) is 4.80. The smallest absolute Gasteiger partial charge is 0.318 e. The molecule has 3 aromatic rings. The van der Waals surface area contributed by atoms with Crippen molar-refractivity contribution >= 4 is 11.6 Å². The lowest BCUT2D eigenvalue weighted by atomic mass is 9.97. The Hall–Kier alpha value is -3.53. The van der Waals surface area contributed by atoms with E-state index in [2.05, 4.69) is 24.8 Å². The predicted octanol–water partition coefficient (Wildman–Crippen LogP) is 3.06. The number of aliphatic hydroxyl groups is 1. The summed E-state index contributed by atoms with van der Waals surface area (Å²) in [5, 5.41) is 10.4. The van der Waals surface area contributed by atoms with Crippen LogP contribution in [-0.4, -0.2) is 44.2 Å². The molecule has 1 aliphatic heterocycles. The summed E-state index contributed by atoms with van der Waals surface area (Å²) in [5.41, 5.74) is 5.09. The molecule has 3 heterocycles. The van der Waals surface area contributed by atoms with E-state index in [1.807, 2.05) is 18.2 Å². The van der Waals surface area contributed by atoms with E-state index in [1.54, 1.807) is 26.0 Å². The zero-order chi connectivity index (χ0) is 22.7. The highest BCUT2D eigenvalue weighted by Crippen LogP contribution is 2.33. The van der Waals surface area contributed by atoms with Gasteiger partial charge in [-0.05, 0) is 19.9 Å². The molecule has 1 fully saturated rings. The third-order valence-electron chi connectivity index (χ3n) is 5.18. The van der Waals surface area contributed by atoms with Crippen LogP contribution in [0.25, 0.3) is 0 Å². The van der Waals surface area contributed by atoms with Gasteiger partial charge in [-0.3, -0.25) is 0 Å². The van der Waals surface area contributed by atoms with Gasteiger partial charge in [-0.1, -0.05) is 18.2 Å². The molecule has 1 aromatic carbocycles. The minimum Gasteiger partial charge on any atom is -0.460 e. The number of halogens is 1. The molecule has 9 nitrogen and oxygen atoms in total. The molecule has 4 rings (SSSR count). The van der Waals surface area contributed by atoms with Crippen molar-refractivity contribution in [1.82, 2.24) is 19.9 Å². The highest BCUT2D eigenvalue weighted by Gasteiger charge is 2.24. The van der Waals surface area contributed by atoms with Gasteiger partial charge in [-0.25, -0.2) is 19.3 Å². The van der Waals surface area contributed by atoms with E-state index < -0.39 is 11.4 Å². The van der Waals surface area contributed by atoms with Crippen LogP contribution < -0.4 is 20.1 Å². The third-order valence-corrected chi connectivity index (χ3v) is 5.18.